The molecule has 0 aliphatic heterocycles. The normalized spacial score (nSPS) is 0. The third kappa shape index (κ3) is 25.2. The molecule has 0 saturated heterocycles. The van der Waals surface area contributed by atoms with E-state index in [-0.39, 0.29) is 81.5 Å². The number of hydrogen-bond acceptors (Lipinski definition) is 0. The van der Waals surface area contributed by atoms with Gasteiger partial charge in [0.05, 0.1) is 0 Å². The van der Waals surface area contributed by atoms with Crippen molar-refractivity contribution in [3.63, 3.8) is 0 Å². The molecule has 0 rings (SSSR count). The molecule has 1 radical (unpaired) electrons. The van der Waals surface area contributed by atoms with Gasteiger partial charge in [0.15, 0.2) is 0 Å². The van der Waals surface area contributed by atoms with Gasteiger partial charge in [-0.3, -0.25) is 0 Å². The van der Waals surface area contributed by atoms with Gasteiger partial charge in [0.25, 0.3) is 0 Å². The molecule has 5 heteroatoms. The SMILES string of the molecule is O.O.O.[Co].[H-].[H-].[Sr+2]. The van der Waals surface area contributed by atoms with Crippen molar-refractivity contribution in [3.8, 4) is 0 Å². The van der Waals surface area contributed by atoms with Crippen LogP contribution in [0.15, 0.2) is 0 Å². The molecule has 0 aliphatic rings. The fraction of sp³-hybridized carbons (Fsp3) is 0. The Morgan fingerprint density at radius 3 is 0.800 bits per heavy atom. The van der Waals surface area contributed by atoms with Crippen LogP contribution in [0, 0.1) is 0 Å². The van der Waals surface area contributed by atoms with E-state index in [0.29, 0.717) is 0 Å². The van der Waals surface area contributed by atoms with Crippen molar-refractivity contribution in [2.45, 2.75) is 0 Å². The Hall–Kier alpha value is 1.87. The summed E-state index contributed by atoms with van der Waals surface area (Å²) >= 11 is 0. The van der Waals surface area contributed by atoms with Crippen LogP contribution in [0.2, 0.25) is 0 Å². The third-order valence-corrected chi connectivity index (χ3v) is 0. The van der Waals surface area contributed by atoms with Crippen LogP contribution in [0.25, 0.3) is 0 Å². The molecular weight excluding hydrogens is 195 g/mol. The predicted octanol–water partition coefficient (Wildman–Crippen LogP) is -2.63. The summed E-state index contributed by atoms with van der Waals surface area (Å²) in [6, 6.07) is 0. The Morgan fingerprint density at radius 2 is 0.800 bits per heavy atom. The standard InChI is InChI=1S/Co.3H2O.Sr.2H/h;3*1H2;;;/q;;;;+2;2*-1. The van der Waals surface area contributed by atoms with Crippen LogP contribution in [-0.2, 0) is 16.8 Å². The quantitative estimate of drug-likeness (QED) is 0.384. The second kappa shape index (κ2) is 39.9. The van der Waals surface area contributed by atoms with Gasteiger partial charge in [0.1, 0.15) is 0 Å². The molecule has 5 heavy (non-hydrogen) atoms. The van der Waals surface area contributed by atoms with Gasteiger partial charge in [-0.2, -0.15) is 0 Å². The van der Waals surface area contributed by atoms with E-state index in [1.165, 1.54) is 0 Å². The molecule has 0 aromatic heterocycles. The Kier molecular flexibility index (Phi) is 541. The monoisotopic (exact) mass is 203 g/mol. The molecule has 0 atom stereocenters. The van der Waals surface area contributed by atoms with Gasteiger partial charge in [-0.05, 0) is 0 Å². The summed E-state index contributed by atoms with van der Waals surface area (Å²) in [4.78, 5) is 0. The minimum Gasteiger partial charge on any atom is -1.00 e. The smallest absolute Gasteiger partial charge is 1.00 e. The maximum atomic E-state index is 0. The zero-order chi connectivity index (χ0) is 0. The van der Waals surface area contributed by atoms with E-state index in [4.69, 9.17) is 0 Å². The molecule has 3 nitrogen and oxygen atoms in total. The largest absolute Gasteiger partial charge is 2.00 e. The molecular formula is H8CoO3Sr. The summed E-state index contributed by atoms with van der Waals surface area (Å²) in [5.74, 6) is 0. The summed E-state index contributed by atoms with van der Waals surface area (Å²) in [5.41, 5.74) is 0. The van der Waals surface area contributed by atoms with Crippen LogP contribution >= 0.6 is 0 Å². The summed E-state index contributed by atoms with van der Waals surface area (Å²) in [5, 5.41) is 0. The molecule has 0 aliphatic carbocycles. The van der Waals surface area contributed by atoms with Crippen LogP contribution in [0.5, 0.6) is 0 Å². The van der Waals surface area contributed by atoms with Gasteiger partial charge < -0.3 is 19.3 Å². The maximum Gasteiger partial charge on any atom is 2.00 e. The molecule has 0 saturated carbocycles. The Labute approximate surface area is 80.5 Å². The van der Waals surface area contributed by atoms with E-state index < -0.39 is 0 Å². The van der Waals surface area contributed by atoms with Crippen molar-refractivity contribution in [2.24, 2.45) is 0 Å². The molecule has 0 bridgehead atoms. The Bertz CT molecular complexity index is 12.9. The van der Waals surface area contributed by atoms with Crippen molar-refractivity contribution < 1.29 is 36.1 Å². The van der Waals surface area contributed by atoms with Crippen LogP contribution in [-0.4, -0.2) is 61.9 Å². The van der Waals surface area contributed by atoms with Crippen molar-refractivity contribution in [3.05, 3.63) is 0 Å². The van der Waals surface area contributed by atoms with E-state index in [2.05, 4.69) is 0 Å². The summed E-state index contributed by atoms with van der Waals surface area (Å²) in [7, 11) is 0. The van der Waals surface area contributed by atoms with Crippen molar-refractivity contribution in [1.82, 2.24) is 0 Å². The Morgan fingerprint density at radius 1 is 0.800 bits per heavy atom. The van der Waals surface area contributed by atoms with Crippen LogP contribution in [0.4, 0.5) is 0 Å². The fourth-order valence-electron chi connectivity index (χ4n) is 0. The van der Waals surface area contributed by atoms with E-state index >= 15 is 0 Å². The van der Waals surface area contributed by atoms with Crippen LogP contribution < -0.4 is 0 Å². The van der Waals surface area contributed by atoms with Crippen molar-refractivity contribution in [2.75, 3.05) is 0 Å². The first-order valence-corrected chi connectivity index (χ1v) is 0. The minimum absolute atomic E-state index is 0. The Balaban J connectivity index is 0. The molecule has 0 spiro atoms. The fourth-order valence-corrected chi connectivity index (χ4v) is 0. The van der Waals surface area contributed by atoms with E-state index in [0.717, 1.165) is 0 Å². The zero-order valence-corrected chi connectivity index (χ0v) is 7.06. The maximum absolute atomic E-state index is 0. The summed E-state index contributed by atoms with van der Waals surface area (Å²) < 4.78 is 0. The molecule has 0 aromatic rings. The topological polar surface area (TPSA) is 94.5 Å². The first-order valence-electron chi connectivity index (χ1n) is 0. The predicted molar refractivity (Wildman–Crippen MR) is 18.8 cm³/mol. The minimum atomic E-state index is 0. The van der Waals surface area contributed by atoms with Gasteiger partial charge in [-0.1, -0.05) is 0 Å². The second-order valence-corrected chi connectivity index (χ2v) is 0. The van der Waals surface area contributed by atoms with E-state index in [1.54, 1.807) is 0 Å². The molecule has 0 amide bonds. The van der Waals surface area contributed by atoms with E-state index in [9.17, 15) is 0 Å². The third-order valence-electron chi connectivity index (χ3n) is 0. The number of rotatable bonds is 0. The van der Waals surface area contributed by atoms with Gasteiger partial charge in [-0.15, -0.1) is 0 Å². The molecule has 0 fully saturated rings. The average Bonchev–Trinajstić information content (AvgIpc) is 0. The molecule has 0 unspecified atom stereocenters. The zero-order valence-electron chi connectivity index (χ0n) is 4.54. The summed E-state index contributed by atoms with van der Waals surface area (Å²) in [6.45, 7) is 0. The summed E-state index contributed by atoms with van der Waals surface area (Å²) in [6.07, 6.45) is 0. The van der Waals surface area contributed by atoms with Gasteiger partial charge >= 0.3 is 45.5 Å². The van der Waals surface area contributed by atoms with E-state index in [1.807, 2.05) is 0 Å². The molecule has 0 aromatic carbocycles. The first-order chi connectivity index (χ1) is 0. The van der Waals surface area contributed by atoms with Crippen LogP contribution in [0.3, 0.4) is 0 Å². The van der Waals surface area contributed by atoms with Crippen LogP contribution in [0.1, 0.15) is 2.85 Å². The molecule has 6 N–H and O–H groups in total. The van der Waals surface area contributed by atoms with Gasteiger partial charge in [0, 0.05) is 16.8 Å². The average molecular weight is 203 g/mol. The van der Waals surface area contributed by atoms with Gasteiger partial charge in [0.2, 0.25) is 0 Å². The first kappa shape index (κ1) is 67.8. The number of hydrogen-bond donors (Lipinski definition) is 0. The second-order valence-electron chi connectivity index (χ2n) is 0. The molecule has 0 heterocycles. The van der Waals surface area contributed by atoms with Gasteiger partial charge in [-0.25, -0.2) is 0 Å². The van der Waals surface area contributed by atoms with Crippen molar-refractivity contribution in [1.29, 1.82) is 0 Å². The molecule has 37 valence electrons. The van der Waals surface area contributed by atoms with Crippen molar-refractivity contribution >= 4 is 45.5 Å².